The van der Waals surface area contributed by atoms with Crippen molar-refractivity contribution in [1.29, 1.82) is 0 Å². The molecule has 29 heavy (non-hydrogen) atoms. The second-order valence-corrected chi connectivity index (χ2v) is 8.09. The maximum Gasteiger partial charge on any atom is 0.189 e. The number of hydrazone groups is 1. The lowest BCUT2D eigenvalue weighted by Crippen LogP contribution is -2.20. The van der Waals surface area contributed by atoms with Gasteiger partial charge in [0.25, 0.3) is 0 Å². The van der Waals surface area contributed by atoms with Gasteiger partial charge in [0.05, 0.1) is 11.8 Å². The monoisotopic (exact) mass is 403 g/mol. The van der Waals surface area contributed by atoms with Crippen LogP contribution in [-0.2, 0) is 0 Å². The number of hydrogen-bond acceptors (Lipinski definition) is 6. The van der Waals surface area contributed by atoms with E-state index in [9.17, 15) is 0 Å². The summed E-state index contributed by atoms with van der Waals surface area (Å²) in [5.41, 5.74) is 5.59. The van der Waals surface area contributed by atoms with Crippen molar-refractivity contribution in [3.05, 3.63) is 77.5 Å². The quantitative estimate of drug-likeness (QED) is 0.446. The van der Waals surface area contributed by atoms with Gasteiger partial charge in [0, 0.05) is 38.0 Å². The topological polar surface area (TPSA) is 44.6 Å². The van der Waals surface area contributed by atoms with Crippen molar-refractivity contribution in [2.75, 3.05) is 30.3 Å². The van der Waals surface area contributed by atoms with Crippen LogP contribution in [0.5, 0.6) is 0 Å². The van der Waals surface area contributed by atoms with Crippen LogP contribution in [0, 0.1) is 6.92 Å². The summed E-state index contributed by atoms with van der Waals surface area (Å²) >= 11 is 1.55. The first-order valence-corrected chi connectivity index (χ1v) is 10.9. The summed E-state index contributed by atoms with van der Waals surface area (Å²) < 4.78 is 0. The summed E-state index contributed by atoms with van der Waals surface area (Å²) in [6.45, 7) is 2.00. The second kappa shape index (κ2) is 8.25. The van der Waals surface area contributed by atoms with E-state index in [4.69, 9.17) is 10.1 Å². The highest BCUT2D eigenvalue weighted by molar-refractivity contribution is 7.98. The summed E-state index contributed by atoms with van der Waals surface area (Å²) in [6.07, 6.45) is 2.83. The molecule has 1 atom stereocenters. The predicted octanol–water partition coefficient (Wildman–Crippen LogP) is 4.93. The Morgan fingerprint density at radius 3 is 2.38 bits per heavy atom. The zero-order chi connectivity index (χ0) is 20.4. The molecule has 2 aromatic carbocycles. The van der Waals surface area contributed by atoms with E-state index < -0.39 is 0 Å². The molecule has 1 aromatic heterocycles. The highest BCUT2D eigenvalue weighted by Gasteiger charge is 2.31. The van der Waals surface area contributed by atoms with Crippen LogP contribution in [0.15, 0.2) is 70.9 Å². The minimum absolute atomic E-state index is 0.102. The predicted molar refractivity (Wildman–Crippen MR) is 122 cm³/mol. The van der Waals surface area contributed by atoms with Gasteiger partial charge in [-0.05, 0) is 36.4 Å². The van der Waals surface area contributed by atoms with Crippen molar-refractivity contribution in [2.24, 2.45) is 5.10 Å². The van der Waals surface area contributed by atoms with E-state index in [1.807, 2.05) is 25.3 Å². The molecule has 0 N–H and O–H groups in total. The second-order valence-electron chi connectivity index (χ2n) is 7.32. The van der Waals surface area contributed by atoms with Gasteiger partial charge in [-0.2, -0.15) is 5.10 Å². The summed E-state index contributed by atoms with van der Waals surface area (Å²) in [7, 11) is 4.11. The zero-order valence-corrected chi connectivity index (χ0v) is 18.0. The molecule has 4 rings (SSSR count). The molecule has 0 saturated heterocycles. The molecule has 1 aliphatic rings. The molecule has 6 heteroatoms. The Balaban J connectivity index is 1.76. The number of thioether (sulfide) groups is 1. The van der Waals surface area contributed by atoms with E-state index in [1.54, 1.807) is 11.8 Å². The number of aromatic nitrogens is 2. The van der Waals surface area contributed by atoms with E-state index in [1.165, 1.54) is 11.3 Å². The van der Waals surface area contributed by atoms with Crippen molar-refractivity contribution in [1.82, 2.24) is 9.97 Å². The Morgan fingerprint density at radius 2 is 1.72 bits per heavy atom. The normalized spacial score (nSPS) is 16.1. The third kappa shape index (κ3) is 4.12. The van der Waals surface area contributed by atoms with E-state index in [0.29, 0.717) is 0 Å². The molecule has 0 fully saturated rings. The largest absolute Gasteiger partial charge is 0.378 e. The third-order valence-corrected chi connectivity index (χ3v) is 5.60. The molecule has 1 unspecified atom stereocenters. The van der Waals surface area contributed by atoms with E-state index in [2.05, 4.69) is 77.5 Å². The molecule has 1 aliphatic heterocycles. The van der Waals surface area contributed by atoms with E-state index >= 15 is 0 Å². The first-order valence-electron chi connectivity index (χ1n) is 9.64. The number of hydrogen-bond donors (Lipinski definition) is 0. The van der Waals surface area contributed by atoms with E-state index in [-0.39, 0.29) is 6.04 Å². The smallest absolute Gasteiger partial charge is 0.189 e. The lowest BCUT2D eigenvalue weighted by molar-refractivity contribution is 0.689. The molecule has 148 valence electrons. The van der Waals surface area contributed by atoms with Crippen molar-refractivity contribution in [3.63, 3.8) is 0 Å². The number of anilines is 2. The molecule has 0 spiro atoms. The number of benzene rings is 2. The van der Waals surface area contributed by atoms with Crippen LogP contribution in [0.2, 0.25) is 0 Å². The number of nitrogens with zero attached hydrogens (tertiary/aromatic N) is 5. The van der Waals surface area contributed by atoms with Crippen LogP contribution in [-0.4, -0.2) is 36.0 Å². The van der Waals surface area contributed by atoms with Crippen molar-refractivity contribution in [3.8, 4) is 0 Å². The molecule has 0 radical (unpaired) electrons. The SMILES string of the molecule is CSc1nc(C)cc(N2N=C(c3ccccc3)CC2c2ccc(N(C)C)cc2)n1. The molecule has 0 saturated carbocycles. The van der Waals surface area contributed by atoms with Gasteiger partial charge in [0.2, 0.25) is 0 Å². The fraction of sp³-hybridized carbons (Fsp3) is 0.261. The third-order valence-electron chi connectivity index (χ3n) is 5.05. The van der Waals surface area contributed by atoms with Gasteiger partial charge in [-0.1, -0.05) is 54.2 Å². The Hall–Kier alpha value is -2.86. The fourth-order valence-corrected chi connectivity index (χ4v) is 3.93. The summed E-state index contributed by atoms with van der Waals surface area (Å²) in [6, 6.07) is 21.2. The minimum Gasteiger partial charge on any atom is -0.378 e. The van der Waals surface area contributed by atoms with Gasteiger partial charge in [-0.15, -0.1) is 0 Å². The highest BCUT2D eigenvalue weighted by Crippen LogP contribution is 2.37. The van der Waals surface area contributed by atoms with Gasteiger partial charge >= 0.3 is 0 Å². The minimum atomic E-state index is 0.102. The van der Waals surface area contributed by atoms with Crippen LogP contribution in [0.3, 0.4) is 0 Å². The molecule has 2 heterocycles. The van der Waals surface area contributed by atoms with Crippen LogP contribution >= 0.6 is 11.8 Å². The van der Waals surface area contributed by atoms with Crippen molar-refractivity contribution < 1.29 is 0 Å². The molecule has 0 amide bonds. The zero-order valence-electron chi connectivity index (χ0n) is 17.2. The first-order chi connectivity index (χ1) is 14.0. The average molecular weight is 404 g/mol. The molecular formula is C23H25N5S. The van der Waals surface area contributed by atoms with Crippen LogP contribution in [0.4, 0.5) is 11.5 Å². The van der Waals surface area contributed by atoms with Gasteiger partial charge in [-0.3, -0.25) is 0 Å². The van der Waals surface area contributed by atoms with Crippen LogP contribution < -0.4 is 9.91 Å². The van der Waals surface area contributed by atoms with Crippen LogP contribution in [0.1, 0.15) is 29.3 Å². The summed E-state index contributed by atoms with van der Waals surface area (Å²) in [4.78, 5) is 11.4. The van der Waals surface area contributed by atoms with E-state index in [0.717, 1.165) is 34.4 Å². The Kier molecular flexibility index (Phi) is 5.53. The maximum absolute atomic E-state index is 5.00. The van der Waals surface area contributed by atoms with Gasteiger partial charge < -0.3 is 4.90 Å². The maximum atomic E-state index is 5.00. The fourth-order valence-electron chi connectivity index (χ4n) is 3.51. The molecule has 5 nitrogen and oxygen atoms in total. The standard InChI is InChI=1S/C23H25N5S/c1-16-14-22(25-23(24-16)29-4)28-21(18-10-12-19(13-11-18)27(2)3)15-20(26-28)17-8-6-5-7-9-17/h5-14,21H,15H2,1-4H3. The van der Waals surface area contributed by atoms with Gasteiger partial charge in [0.1, 0.15) is 0 Å². The lowest BCUT2D eigenvalue weighted by atomic mass is 9.98. The molecule has 0 bridgehead atoms. The highest BCUT2D eigenvalue weighted by atomic mass is 32.2. The Morgan fingerprint density at radius 1 is 1.00 bits per heavy atom. The van der Waals surface area contributed by atoms with Crippen molar-refractivity contribution in [2.45, 2.75) is 24.5 Å². The molecule has 3 aromatic rings. The Labute approximate surface area is 176 Å². The summed E-state index contributed by atoms with van der Waals surface area (Å²) in [5, 5.41) is 7.83. The van der Waals surface area contributed by atoms with Crippen LogP contribution in [0.25, 0.3) is 0 Å². The summed E-state index contributed by atoms with van der Waals surface area (Å²) in [5.74, 6) is 0.842. The Bertz CT molecular complexity index is 1020. The molecule has 0 aliphatic carbocycles. The number of rotatable bonds is 5. The van der Waals surface area contributed by atoms with Gasteiger partial charge in [-0.25, -0.2) is 15.0 Å². The first kappa shape index (κ1) is 19.5. The lowest BCUT2D eigenvalue weighted by Gasteiger charge is -2.24. The van der Waals surface area contributed by atoms with Crippen molar-refractivity contribution >= 4 is 29.0 Å². The number of aryl methyl sites for hydroxylation is 1. The molecular weight excluding hydrogens is 378 g/mol. The average Bonchev–Trinajstić information content (AvgIpc) is 3.19. The van der Waals surface area contributed by atoms with Gasteiger partial charge in [0.15, 0.2) is 11.0 Å².